The Morgan fingerprint density at radius 2 is 2.45 bits per heavy atom. The summed E-state index contributed by atoms with van der Waals surface area (Å²) < 4.78 is 5.46. The van der Waals surface area contributed by atoms with Crippen LogP contribution < -0.4 is 0 Å². The minimum absolute atomic E-state index is 0.0568. The third-order valence-corrected chi connectivity index (χ3v) is 5.32. The van der Waals surface area contributed by atoms with Crippen molar-refractivity contribution in [2.75, 3.05) is 12.1 Å². The monoisotopic (exact) mass is 316 g/mol. The number of ether oxygens (including phenoxy) is 1. The average molecular weight is 316 g/mol. The molecule has 4 atom stereocenters. The van der Waals surface area contributed by atoms with Gasteiger partial charge in [-0.15, -0.1) is 21.0 Å². The molecule has 1 fully saturated rings. The Bertz CT molecular complexity index is 457. The first-order valence-electron chi connectivity index (χ1n) is 6.67. The van der Waals surface area contributed by atoms with Gasteiger partial charge in [0.1, 0.15) is 5.92 Å². The molecule has 1 amide bonds. The third kappa shape index (κ3) is 2.43. The summed E-state index contributed by atoms with van der Waals surface area (Å²) >= 11 is 1.62. The van der Waals surface area contributed by atoms with Crippen LogP contribution in [0.15, 0.2) is 10.6 Å². The smallest absolute Gasteiger partial charge is 0.239 e. The number of thioether (sulfide) groups is 1. The normalized spacial score (nSPS) is 30.3. The van der Waals surface area contributed by atoms with Gasteiger partial charge in [-0.1, -0.05) is 0 Å². The van der Waals surface area contributed by atoms with Gasteiger partial charge in [0.2, 0.25) is 5.91 Å². The van der Waals surface area contributed by atoms with E-state index < -0.39 is 11.6 Å². The van der Waals surface area contributed by atoms with E-state index in [1.807, 2.05) is 13.8 Å². The molecule has 0 saturated carbocycles. The van der Waals surface area contributed by atoms with Crippen LogP contribution in [0.3, 0.4) is 0 Å². The zero-order valence-electron chi connectivity index (χ0n) is 11.8. The Morgan fingerprint density at radius 3 is 3.05 bits per heavy atom. The highest BCUT2D eigenvalue weighted by Crippen LogP contribution is 2.53. The number of fused-ring (bicyclic) bond motifs is 1. The van der Waals surface area contributed by atoms with E-state index >= 15 is 0 Å². The number of carbonyl (C=O) groups excluding carboxylic acids is 1. The van der Waals surface area contributed by atoms with E-state index in [0.717, 1.165) is 16.4 Å². The number of β-lactam (4-membered cyclic amide) rings is 1. The third-order valence-electron chi connectivity index (χ3n) is 3.90. The van der Waals surface area contributed by atoms with E-state index in [0.29, 0.717) is 19.2 Å². The maximum atomic E-state index is 12.3. The van der Waals surface area contributed by atoms with Gasteiger partial charge in [0, 0.05) is 22.8 Å². The molecule has 0 bridgehead atoms. The molecule has 5 nitrogen and oxygen atoms in total. The molecule has 0 aromatic carbocycles. The molecule has 2 rings (SSSR count). The molecule has 112 valence electrons. The van der Waals surface area contributed by atoms with Gasteiger partial charge >= 0.3 is 0 Å². The van der Waals surface area contributed by atoms with E-state index in [4.69, 9.17) is 10.1 Å². The fraction of sp³-hybridized carbons (Fsp3) is 0.692. The minimum Gasteiger partial charge on any atom is -0.374 e. The van der Waals surface area contributed by atoms with Crippen molar-refractivity contribution in [3.63, 3.8) is 0 Å². The molecule has 1 saturated heterocycles. The number of nitrogens with zero attached hydrogens (tertiary/aromatic N) is 1. The van der Waals surface area contributed by atoms with Gasteiger partial charge in [0.05, 0.1) is 12.5 Å². The number of rotatable bonds is 7. The van der Waals surface area contributed by atoms with Crippen LogP contribution in [-0.2, 0) is 9.53 Å². The molecular formula is C13H21N2O3PS. The Kier molecular flexibility index (Phi) is 4.90. The van der Waals surface area contributed by atoms with Gasteiger partial charge in [-0.2, -0.15) is 0 Å². The van der Waals surface area contributed by atoms with E-state index in [-0.39, 0.29) is 12.0 Å². The fourth-order valence-electron chi connectivity index (χ4n) is 2.96. The minimum atomic E-state index is -1.12. The van der Waals surface area contributed by atoms with Gasteiger partial charge < -0.3 is 15.3 Å². The highest BCUT2D eigenvalue weighted by molar-refractivity contribution is 8.03. The van der Waals surface area contributed by atoms with E-state index in [1.54, 1.807) is 11.8 Å². The lowest BCUT2D eigenvalue weighted by molar-refractivity contribution is -0.226. The Labute approximate surface area is 125 Å². The summed E-state index contributed by atoms with van der Waals surface area (Å²) in [6.07, 6.45) is 2.71. The van der Waals surface area contributed by atoms with Crippen molar-refractivity contribution in [3.05, 3.63) is 10.6 Å². The van der Waals surface area contributed by atoms with E-state index in [9.17, 15) is 9.90 Å². The topological polar surface area (TPSA) is 73.6 Å². The standard InChI is InChI=1S/C13H21N2O3PS/c1-8-10(20-5-3-4-14)6-13(17)11(9(2)18-7-19)12(16)15(8)13/h4,9,11,14,17H,3,5-7,19H2,1-2H3. The van der Waals surface area contributed by atoms with Crippen LogP contribution in [0.25, 0.3) is 0 Å². The number of hydrogen-bond donors (Lipinski definition) is 2. The van der Waals surface area contributed by atoms with Crippen LogP contribution in [0.4, 0.5) is 0 Å². The van der Waals surface area contributed by atoms with Gasteiger partial charge in [-0.25, -0.2) is 0 Å². The van der Waals surface area contributed by atoms with Crippen molar-refractivity contribution < 1.29 is 14.6 Å². The first-order chi connectivity index (χ1) is 9.47. The lowest BCUT2D eigenvalue weighted by atomic mass is 9.79. The molecule has 2 aliphatic rings. The number of nitrogens with one attached hydrogen (secondary N) is 1. The van der Waals surface area contributed by atoms with Crippen molar-refractivity contribution >= 4 is 33.1 Å². The molecule has 2 heterocycles. The number of hydrogen-bond acceptors (Lipinski definition) is 5. The van der Waals surface area contributed by atoms with Crippen molar-refractivity contribution in [2.45, 2.75) is 38.5 Å². The van der Waals surface area contributed by atoms with Crippen molar-refractivity contribution in [3.8, 4) is 0 Å². The first-order valence-corrected chi connectivity index (χ1v) is 8.47. The molecule has 0 spiro atoms. The molecule has 0 aliphatic carbocycles. The Morgan fingerprint density at radius 1 is 1.75 bits per heavy atom. The molecule has 0 aromatic heterocycles. The highest BCUT2D eigenvalue weighted by Gasteiger charge is 2.65. The second kappa shape index (κ2) is 6.14. The van der Waals surface area contributed by atoms with Crippen molar-refractivity contribution in [2.24, 2.45) is 5.92 Å². The summed E-state index contributed by atoms with van der Waals surface area (Å²) in [6, 6.07) is 0. The van der Waals surface area contributed by atoms with Crippen LogP contribution >= 0.6 is 21.0 Å². The summed E-state index contributed by atoms with van der Waals surface area (Å²) in [4.78, 5) is 14.8. The molecule has 0 radical (unpaired) electrons. The molecule has 4 unspecified atom stereocenters. The Balaban J connectivity index is 2.09. The summed E-state index contributed by atoms with van der Waals surface area (Å²) in [7, 11) is 2.46. The Hall–Kier alpha value is -0.420. The first kappa shape index (κ1) is 16.0. The molecule has 2 N–H and O–H groups in total. The van der Waals surface area contributed by atoms with Crippen molar-refractivity contribution in [1.29, 1.82) is 5.41 Å². The lowest BCUT2D eigenvalue weighted by Gasteiger charge is -2.52. The molecule has 0 aromatic rings. The fourth-order valence-corrected chi connectivity index (χ4v) is 4.36. The summed E-state index contributed by atoms with van der Waals surface area (Å²) in [5, 5.41) is 17.8. The van der Waals surface area contributed by atoms with Crippen LogP contribution in [0.1, 0.15) is 26.7 Å². The van der Waals surface area contributed by atoms with E-state index in [2.05, 4.69) is 9.24 Å². The molecule has 7 heteroatoms. The zero-order chi connectivity index (χ0) is 14.9. The molecular weight excluding hydrogens is 295 g/mol. The largest absolute Gasteiger partial charge is 0.374 e. The molecule has 2 aliphatic heterocycles. The average Bonchev–Trinajstić information content (AvgIpc) is 2.58. The summed E-state index contributed by atoms with van der Waals surface area (Å²) in [5.41, 5.74) is -0.269. The second-order valence-electron chi connectivity index (χ2n) is 5.09. The van der Waals surface area contributed by atoms with Gasteiger partial charge in [-0.05, 0) is 26.5 Å². The van der Waals surface area contributed by atoms with Gasteiger partial charge in [0.25, 0.3) is 0 Å². The van der Waals surface area contributed by atoms with Crippen LogP contribution in [0.5, 0.6) is 0 Å². The summed E-state index contributed by atoms with van der Waals surface area (Å²) in [5.74, 6) is 0.258. The number of allylic oxidation sites excluding steroid dienone is 1. The summed E-state index contributed by atoms with van der Waals surface area (Å²) in [6.45, 7) is 3.71. The van der Waals surface area contributed by atoms with Crippen LogP contribution in [-0.4, -0.2) is 46.1 Å². The van der Waals surface area contributed by atoms with Crippen molar-refractivity contribution in [1.82, 2.24) is 4.90 Å². The van der Waals surface area contributed by atoms with E-state index in [1.165, 1.54) is 11.1 Å². The second-order valence-corrected chi connectivity index (χ2v) is 6.62. The molecule has 20 heavy (non-hydrogen) atoms. The highest BCUT2D eigenvalue weighted by atomic mass is 32.2. The lowest BCUT2D eigenvalue weighted by Crippen LogP contribution is -2.70. The van der Waals surface area contributed by atoms with Gasteiger partial charge in [0.15, 0.2) is 5.72 Å². The predicted molar refractivity (Wildman–Crippen MR) is 83.6 cm³/mol. The number of carbonyl (C=O) groups is 1. The maximum Gasteiger partial charge on any atom is 0.239 e. The van der Waals surface area contributed by atoms with Crippen LogP contribution in [0.2, 0.25) is 0 Å². The van der Waals surface area contributed by atoms with Gasteiger partial charge in [-0.3, -0.25) is 9.69 Å². The predicted octanol–water partition coefficient (Wildman–Crippen LogP) is 1.78. The SMILES string of the molecule is CC1=C(SCCC=N)CC2(O)C(C(C)OCP)C(=O)N12. The number of amides is 1. The maximum absolute atomic E-state index is 12.3. The number of aliphatic hydroxyl groups is 1. The van der Waals surface area contributed by atoms with Crippen LogP contribution in [0, 0.1) is 11.3 Å². The zero-order valence-corrected chi connectivity index (χ0v) is 13.7. The quantitative estimate of drug-likeness (QED) is 0.325.